The van der Waals surface area contributed by atoms with Gasteiger partial charge in [0, 0.05) is 30.9 Å². The van der Waals surface area contributed by atoms with Gasteiger partial charge in [-0.3, -0.25) is 0 Å². The Bertz CT molecular complexity index is 654. The van der Waals surface area contributed by atoms with Crippen molar-refractivity contribution in [1.29, 1.82) is 0 Å². The van der Waals surface area contributed by atoms with Crippen molar-refractivity contribution in [2.45, 2.75) is 31.7 Å². The number of carbonyl (C=O) groups is 1. The van der Waals surface area contributed by atoms with E-state index in [1.54, 1.807) is 7.11 Å². The summed E-state index contributed by atoms with van der Waals surface area (Å²) >= 11 is 0. The molecular weight excluding hydrogens is 308 g/mol. The third-order valence-electron chi connectivity index (χ3n) is 4.28. The van der Waals surface area contributed by atoms with Crippen molar-refractivity contribution < 1.29 is 13.9 Å². The number of hydrogen-bond donors (Lipinski definition) is 1. The number of benzene rings is 1. The predicted molar refractivity (Wildman–Crippen MR) is 89.6 cm³/mol. The standard InChI is InChI=1S/C17H22N4O3/c1-23-10-9-21(15-7-2-3-8-15)17(22)19-14-6-4-5-13(11-14)16-20-18-12-24-16/h4-6,11-12,15H,2-3,7-10H2,1H3,(H,19,22). The lowest BCUT2D eigenvalue weighted by atomic mass is 10.2. The van der Waals surface area contributed by atoms with Crippen molar-refractivity contribution in [3.05, 3.63) is 30.7 Å². The highest BCUT2D eigenvalue weighted by atomic mass is 16.5. The zero-order valence-electron chi connectivity index (χ0n) is 13.8. The molecule has 1 saturated carbocycles. The molecule has 0 aliphatic heterocycles. The van der Waals surface area contributed by atoms with E-state index in [0.29, 0.717) is 30.8 Å². The molecule has 24 heavy (non-hydrogen) atoms. The number of nitrogens with one attached hydrogen (secondary N) is 1. The van der Waals surface area contributed by atoms with Crippen molar-refractivity contribution in [1.82, 2.24) is 15.1 Å². The molecule has 0 bridgehead atoms. The molecular formula is C17H22N4O3. The third-order valence-corrected chi connectivity index (χ3v) is 4.28. The van der Waals surface area contributed by atoms with Gasteiger partial charge in [0.2, 0.25) is 12.3 Å². The Morgan fingerprint density at radius 3 is 2.96 bits per heavy atom. The van der Waals surface area contributed by atoms with Gasteiger partial charge < -0.3 is 19.4 Å². The van der Waals surface area contributed by atoms with Crippen LogP contribution in [0.15, 0.2) is 35.1 Å². The summed E-state index contributed by atoms with van der Waals surface area (Å²) in [7, 11) is 1.65. The number of hydrogen-bond acceptors (Lipinski definition) is 5. The van der Waals surface area contributed by atoms with Crippen LogP contribution in [0.4, 0.5) is 10.5 Å². The molecule has 1 aliphatic rings. The summed E-state index contributed by atoms with van der Waals surface area (Å²) in [6.45, 7) is 1.13. The molecule has 0 saturated heterocycles. The van der Waals surface area contributed by atoms with Gasteiger partial charge in [-0.25, -0.2) is 4.79 Å². The van der Waals surface area contributed by atoms with E-state index in [9.17, 15) is 4.79 Å². The van der Waals surface area contributed by atoms with Crippen molar-refractivity contribution in [2.75, 3.05) is 25.6 Å². The van der Waals surface area contributed by atoms with Crippen LogP contribution in [-0.4, -0.2) is 47.4 Å². The van der Waals surface area contributed by atoms with Crippen LogP contribution >= 0.6 is 0 Å². The first-order chi connectivity index (χ1) is 11.8. The van der Waals surface area contributed by atoms with Crippen molar-refractivity contribution in [2.24, 2.45) is 0 Å². The first kappa shape index (κ1) is 16.4. The molecule has 7 heteroatoms. The lowest BCUT2D eigenvalue weighted by Gasteiger charge is -2.29. The molecule has 1 aliphatic carbocycles. The van der Waals surface area contributed by atoms with Crippen LogP contribution in [0, 0.1) is 0 Å². The van der Waals surface area contributed by atoms with Crippen LogP contribution in [0.5, 0.6) is 0 Å². The highest BCUT2D eigenvalue weighted by molar-refractivity contribution is 5.90. The van der Waals surface area contributed by atoms with E-state index in [2.05, 4.69) is 15.5 Å². The summed E-state index contributed by atoms with van der Waals surface area (Å²) in [4.78, 5) is 14.6. The summed E-state index contributed by atoms with van der Waals surface area (Å²) < 4.78 is 10.4. The average molecular weight is 330 g/mol. The molecule has 1 fully saturated rings. The number of nitrogens with zero attached hydrogens (tertiary/aromatic N) is 3. The fraction of sp³-hybridized carbons (Fsp3) is 0.471. The van der Waals surface area contributed by atoms with Gasteiger partial charge in [-0.05, 0) is 31.0 Å². The third kappa shape index (κ3) is 3.91. The minimum atomic E-state index is -0.0957. The number of carbonyl (C=O) groups excluding carboxylic acids is 1. The van der Waals surface area contributed by atoms with E-state index >= 15 is 0 Å². The Hall–Kier alpha value is -2.41. The molecule has 0 radical (unpaired) electrons. The van der Waals surface area contributed by atoms with Gasteiger partial charge in [0.15, 0.2) is 0 Å². The highest BCUT2D eigenvalue weighted by Gasteiger charge is 2.26. The van der Waals surface area contributed by atoms with Crippen molar-refractivity contribution >= 4 is 11.7 Å². The number of rotatable bonds is 6. The van der Waals surface area contributed by atoms with E-state index in [-0.39, 0.29) is 6.03 Å². The van der Waals surface area contributed by atoms with Gasteiger partial charge in [0.1, 0.15) is 0 Å². The SMILES string of the molecule is COCCN(C(=O)Nc1cccc(-c2nnco2)c1)C1CCCC1. The van der Waals surface area contributed by atoms with E-state index in [0.717, 1.165) is 18.4 Å². The van der Waals surface area contributed by atoms with Crippen LogP contribution in [-0.2, 0) is 4.74 Å². The van der Waals surface area contributed by atoms with Crippen LogP contribution in [0.3, 0.4) is 0 Å². The average Bonchev–Trinajstić information content (AvgIpc) is 3.29. The van der Waals surface area contributed by atoms with E-state index in [4.69, 9.17) is 9.15 Å². The molecule has 1 aromatic carbocycles. The maximum absolute atomic E-state index is 12.7. The van der Waals surface area contributed by atoms with Gasteiger partial charge in [-0.1, -0.05) is 18.9 Å². The molecule has 0 unspecified atom stereocenters. The maximum Gasteiger partial charge on any atom is 0.322 e. The summed E-state index contributed by atoms with van der Waals surface area (Å²) in [6, 6.07) is 7.59. The zero-order chi connectivity index (χ0) is 16.8. The van der Waals surface area contributed by atoms with Crippen LogP contribution in [0.1, 0.15) is 25.7 Å². The smallest absolute Gasteiger partial charge is 0.322 e. The Morgan fingerprint density at radius 2 is 2.25 bits per heavy atom. The molecule has 0 spiro atoms. The van der Waals surface area contributed by atoms with Crippen LogP contribution in [0.25, 0.3) is 11.5 Å². The first-order valence-corrected chi connectivity index (χ1v) is 8.21. The fourth-order valence-corrected chi connectivity index (χ4v) is 3.08. The molecule has 128 valence electrons. The van der Waals surface area contributed by atoms with Gasteiger partial charge in [0.05, 0.1) is 6.61 Å². The predicted octanol–water partition coefficient (Wildman–Crippen LogP) is 3.16. The second-order valence-corrected chi connectivity index (χ2v) is 5.88. The van der Waals surface area contributed by atoms with Gasteiger partial charge >= 0.3 is 6.03 Å². The second-order valence-electron chi connectivity index (χ2n) is 5.88. The lowest BCUT2D eigenvalue weighted by molar-refractivity contribution is 0.136. The van der Waals surface area contributed by atoms with E-state index < -0.39 is 0 Å². The molecule has 3 rings (SSSR count). The minimum absolute atomic E-state index is 0.0957. The largest absolute Gasteiger partial charge is 0.423 e. The number of ether oxygens (including phenoxy) is 1. The van der Waals surface area contributed by atoms with Crippen molar-refractivity contribution in [3.8, 4) is 11.5 Å². The Balaban J connectivity index is 1.71. The molecule has 1 N–H and O–H groups in total. The molecule has 7 nitrogen and oxygen atoms in total. The number of anilines is 1. The number of urea groups is 1. The minimum Gasteiger partial charge on any atom is -0.423 e. The molecule has 1 aromatic heterocycles. The van der Waals surface area contributed by atoms with Gasteiger partial charge in [-0.2, -0.15) is 0 Å². The molecule has 1 heterocycles. The molecule has 2 aromatic rings. The quantitative estimate of drug-likeness (QED) is 0.880. The Kier molecular flexibility index (Phi) is 5.43. The van der Waals surface area contributed by atoms with E-state index in [1.807, 2.05) is 29.2 Å². The number of aromatic nitrogens is 2. The maximum atomic E-state index is 12.7. The summed E-state index contributed by atoms with van der Waals surface area (Å²) in [5, 5.41) is 10.5. The monoisotopic (exact) mass is 330 g/mol. The van der Waals surface area contributed by atoms with Gasteiger partial charge in [0.25, 0.3) is 0 Å². The van der Waals surface area contributed by atoms with Gasteiger partial charge in [-0.15, -0.1) is 10.2 Å². The number of methoxy groups -OCH3 is 1. The summed E-state index contributed by atoms with van der Waals surface area (Å²) in [5.41, 5.74) is 1.48. The van der Waals surface area contributed by atoms with Crippen molar-refractivity contribution in [3.63, 3.8) is 0 Å². The Labute approximate surface area is 141 Å². The second kappa shape index (κ2) is 7.92. The van der Waals surface area contributed by atoms with E-state index in [1.165, 1.54) is 19.2 Å². The normalized spacial score (nSPS) is 14.7. The zero-order valence-corrected chi connectivity index (χ0v) is 13.8. The molecule has 2 amide bonds. The van der Waals surface area contributed by atoms with Crippen LogP contribution < -0.4 is 5.32 Å². The fourth-order valence-electron chi connectivity index (χ4n) is 3.08. The first-order valence-electron chi connectivity index (χ1n) is 8.21. The Morgan fingerprint density at radius 1 is 1.42 bits per heavy atom. The highest BCUT2D eigenvalue weighted by Crippen LogP contribution is 2.25. The molecule has 0 atom stereocenters. The number of amides is 2. The summed E-state index contributed by atoms with van der Waals surface area (Å²) in [5.74, 6) is 0.429. The lowest BCUT2D eigenvalue weighted by Crippen LogP contribution is -2.43. The van der Waals surface area contributed by atoms with Crippen LogP contribution in [0.2, 0.25) is 0 Å². The topological polar surface area (TPSA) is 80.5 Å². The summed E-state index contributed by atoms with van der Waals surface area (Å²) in [6.07, 6.45) is 5.74.